The molecule has 1 aromatic carbocycles. The number of hydrogen-bond acceptors (Lipinski definition) is 3. The molecule has 0 saturated carbocycles. The fourth-order valence-electron chi connectivity index (χ4n) is 1.64. The lowest BCUT2D eigenvalue weighted by molar-refractivity contribution is 0.280. The molecular formula is C13H12FN3O. The molecule has 1 aromatic heterocycles. The van der Waals surface area contributed by atoms with Crippen molar-refractivity contribution in [2.75, 3.05) is 0 Å². The third-order valence-corrected chi connectivity index (χ3v) is 2.54. The number of aromatic nitrogens is 2. The third-order valence-electron chi connectivity index (χ3n) is 2.54. The van der Waals surface area contributed by atoms with Crippen LogP contribution in [0.2, 0.25) is 0 Å². The Morgan fingerprint density at radius 1 is 1.44 bits per heavy atom. The summed E-state index contributed by atoms with van der Waals surface area (Å²) in [5.41, 5.74) is 2.02. The van der Waals surface area contributed by atoms with Gasteiger partial charge in [-0.2, -0.15) is 10.4 Å². The molecule has 0 radical (unpaired) electrons. The van der Waals surface area contributed by atoms with Crippen LogP contribution < -0.4 is 4.74 Å². The van der Waals surface area contributed by atoms with Gasteiger partial charge in [0.05, 0.1) is 23.0 Å². The van der Waals surface area contributed by atoms with Crippen LogP contribution in [-0.2, 0) is 13.7 Å². The minimum Gasteiger partial charge on any atom is -0.484 e. The predicted molar refractivity (Wildman–Crippen MR) is 63.4 cm³/mol. The maximum absolute atomic E-state index is 13.5. The van der Waals surface area contributed by atoms with Gasteiger partial charge in [-0.25, -0.2) is 4.39 Å². The van der Waals surface area contributed by atoms with E-state index in [-0.39, 0.29) is 17.9 Å². The Kier molecular flexibility index (Phi) is 3.28. The number of nitrogens with zero attached hydrogens (tertiary/aromatic N) is 3. The molecule has 1 heterocycles. The van der Waals surface area contributed by atoms with Gasteiger partial charge >= 0.3 is 0 Å². The monoisotopic (exact) mass is 245 g/mol. The summed E-state index contributed by atoms with van der Waals surface area (Å²) in [7, 11) is 1.81. The van der Waals surface area contributed by atoms with Gasteiger partial charge in [0.1, 0.15) is 6.61 Å². The van der Waals surface area contributed by atoms with E-state index < -0.39 is 5.82 Å². The summed E-state index contributed by atoms with van der Waals surface area (Å²) in [5.74, 6) is -0.402. The molecule has 4 nitrogen and oxygen atoms in total. The molecule has 5 heteroatoms. The van der Waals surface area contributed by atoms with E-state index in [2.05, 4.69) is 5.10 Å². The van der Waals surface area contributed by atoms with Crippen molar-refractivity contribution in [2.24, 2.45) is 7.05 Å². The average Bonchev–Trinajstić information content (AvgIpc) is 2.66. The predicted octanol–water partition coefficient (Wildman–Crippen LogP) is 2.32. The molecule has 0 aliphatic heterocycles. The molecule has 0 spiro atoms. The van der Waals surface area contributed by atoms with Crippen LogP contribution in [0.4, 0.5) is 4.39 Å². The van der Waals surface area contributed by atoms with Gasteiger partial charge in [0.15, 0.2) is 11.6 Å². The van der Waals surface area contributed by atoms with Gasteiger partial charge in [-0.05, 0) is 31.2 Å². The zero-order valence-corrected chi connectivity index (χ0v) is 10.1. The Morgan fingerprint density at radius 2 is 2.22 bits per heavy atom. The lowest BCUT2D eigenvalue weighted by atomic mass is 10.2. The van der Waals surface area contributed by atoms with Crippen molar-refractivity contribution in [1.29, 1.82) is 5.26 Å². The fraction of sp³-hybridized carbons (Fsp3) is 0.231. The number of rotatable bonds is 3. The van der Waals surface area contributed by atoms with Crippen LogP contribution in [0, 0.1) is 24.1 Å². The largest absolute Gasteiger partial charge is 0.484 e. The van der Waals surface area contributed by atoms with Gasteiger partial charge in [0, 0.05) is 7.05 Å². The van der Waals surface area contributed by atoms with E-state index in [1.165, 1.54) is 12.1 Å². The van der Waals surface area contributed by atoms with E-state index in [4.69, 9.17) is 10.00 Å². The number of halogens is 1. The van der Waals surface area contributed by atoms with Gasteiger partial charge in [0.25, 0.3) is 0 Å². The number of ether oxygens (including phenoxy) is 1. The Morgan fingerprint density at radius 3 is 2.78 bits per heavy atom. The lowest BCUT2D eigenvalue weighted by Crippen LogP contribution is -2.04. The molecule has 18 heavy (non-hydrogen) atoms. The number of nitriles is 1. The Hall–Kier alpha value is -2.35. The molecule has 0 fully saturated rings. The quantitative estimate of drug-likeness (QED) is 0.833. The molecule has 0 atom stereocenters. The van der Waals surface area contributed by atoms with E-state index in [9.17, 15) is 4.39 Å². The standard InChI is InChI=1S/C13H12FN3O/c1-9-5-11(17(2)16-9)8-18-13-4-3-10(7-15)6-12(13)14/h3-6H,8H2,1-2H3. The number of aryl methyl sites for hydroxylation is 2. The molecule has 0 bridgehead atoms. The molecule has 2 rings (SSSR count). The van der Waals surface area contributed by atoms with Crippen molar-refractivity contribution in [3.8, 4) is 11.8 Å². The van der Waals surface area contributed by atoms with Crippen LogP contribution in [0.5, 0.6) is 5.75 Å². The summed E-state index contributed by atoms with van der Waals surface area (Å²) >= 11 is 0. The molecule has 0 amide bonds. The SMILES string of the molecule is Cc1cc(COc2ccc(C#N)cc2F)n(C)n1. The van der Waals surface area contributed by atoms with Crippen LogP contribution in [0.3, 0.4) is 0 Å². The van der Waals surface area contributed by atoms with Crippen molar-refractivity contribution >= 4 is 0 Å². The lowest BCUT2D eigenvalue weighted by Gasteiger charge is -2.07. The third kappa shape index (κ3) is 2.48. The second kappa shape index (κ2) is 4.88. The number of hydrogen-bond donors (Lipinski definition) is 0. The number of benzene rings is 1. The molecular weight excluding hydrogens is 233 g/mol. The summed E-state index contributed by atoms with van der Waals surface area (Å²) in [6.45, 7) is 2.12. The molecule has 0 saturated heterocycles. The second-order valence-electron chi connectivity index (χ2n) is 3.95. The van der Waals surface area contributed by atoms with E-state index in [1.807, 2.05) is 19.1 Å². The minimum absolute atomic E-state index is 0.132. The fourth-order valence-corrected chi connectivity index (χ4v) is 1.64. The van der Waals surface area contributed by atoms with Gasteiger partial charge < -0.3 is 4.74 Å². The van der Waals surface area contributed by atoms with Crippen molar-refractivity contribution < 1.29 is 9.13 Å². The molecule has 92 valence electrons. The minimum atomic E-state index is -0.534. The maximum atomic E-state index is 13.5. The van der Waals surface area contributed by atoms with Crippen molar-refractivity contribution in [3.05, 3.63) is 47.0 Å². The molecule has 0 unspecified atom stereocenters. The highest BCUT2D eigenvalue weighted by atomic mass is 19.1. The molecule has 2 aromatic rings. The Bertz CT molecular complexity index is 613. The van der Waals surface area contributed by atoms with Crippen LogP contribution >= 0.6 is 0 Å². The van der Waals surface area contributed by atoms with E-state index in [0.29, 0.717) is 0 Å². The van der Waals surface area contributed by atoms with Crippen molar-refractivity contribution in [1.82, 2.24) is 9.78 Å². The van der Waals surface area contributed by atoms with Crippen molar-refractivity contribution in [3.63, 3.8) is 0 Å². The van der Waals surface area contributed by atoms with E-state index in [0.717, 1.165) is 17.5 Å². The highest BCUT2D eigenvalue weighted by Gasteiger charge is 2.07. The summed E-state index contributed by atoms with van der Waals surface area (Å²) in [6, 6.07) is 7.88. The van der Waals surface area contributed by atoms with E-state index >= 15 is 0 Å². The zero-order valence-electron chi connectivity index (χ0n) is 10.1. The highest BCUT2D eigenvalue weighted by Crippen LogP contribution is 2.19. The summed E-state index contributed by atoms with van der Waals surface area (Å²) in [5, 5.41) is 12.8. The van der Waals surface area contributed by atoms with Crippen LogP contribution in [0.1, 0.15) is 17.0 Å². The smallest absolute Gasteiger partial charge is 0.166 e. The topological polar surface area (TPSA) is 50.8 Å². The second-order valence-corrected chi connectivity index (χ2v) is 3.95. The van der Waals surface area contributed by atoms with Gasteiger partial charge in [-0.3, -0.25) is 4.68 Å². The summed E-state index contributed by atoms with van der Waals surface area (Å²) in [4.78, 5) is 0. The molecule has 0 aliphatic rings. The van der Waals surface area contributed by atoms with Gasteiger partial charge in [-0.15, -0.1) is 0 Å². The zero-order chi connectivity index (χ0) is 13.1. The van der Waals surface area contributed by atoms with E-state index in [1.54, 1.807) is 11.7 Å². The van der Waals surface area contributed by atoms with Gasteiger partial charge in [-0.1, -0.05) is 0 Å². The Labute approximate surface area is 104 Å². The first-order chi connectivity index (χ1) is 8.60. The average molecular weight is 245 g/mol. The summed E-state index contributed by atoms with van der Waals surface area (Å²) in [6.07, 6.45) is 0. The molecule has 0 aliphatic carbocycles. The highest BCUT2D eigenvalue weighted by molar-refractivity contribution is 5.36. The maximum Gasteiger partial charge on any atom is 0.166 e. The van der Waals surface area contributed by atoms with Crippen LogP contribution in [0.25, 0.3) is 0 Å². The first kappa shape index (κ1) is 12.1. The normalized spacial score (nSPS) is 10.1. The van der Waals surface area contributed by atoms with Crippen LogP contribution in [-0.4, -0.2) is 9.78 Å². The van der Waals surface area contributed by atoms with Gasteiger partial charge in [0.2, 0.25) is 0 Å². The van der Waals surface area contributed by atoms with Crippen LogP contribution in [0.15, 0.2) is 24.3 Å². The first-order valence-corrected chi connectivity index (χ1v) is 5.42. The first-order valence-electron chi connectivity index (χ1n) is 5.42. The van der Waals surface area contributed by atoms with Crippen molar-refractivity contribution in [2.45, 2.75) is 13.5 Å². The summed E-state index contributed by atoms with van der Waals surface area (Å²) < 4.78 is 20.6. The Balaban J connectivity index is 2.11. The molecule has 0 N–H and O–H groups in total.